The second-order valence-electron chi connectivity index (χ2n) is 6.50. The number of nitrogens with two attached hydrogens (primary N) is 1. The van der Waals surface area contributed by atoms with Crippen molar-refractivity contribution >= 4 is 5.91 Å². The largest absolute Gasteiger partial charge is 0.396 e. The Bertz CT molecular complexity index is 289. The van der Waals surface area contributed by atoms with Crippen molar-refractivity contribution in [2.45, 2.75) is 83.1 Å². The van der Waals surface area contributed by atoms with Gasteiger partial charge < -0.3 is 15.7 Å². The highest BCUT2D eigenvalue weighted by Crippen LogP contribution is 2.28. The van der Waals surface area contributed by atoms with E-state index in [9.17, 15) is 4.79 Å². The lowest BCUT2D eigenvalue weighted by Crippen LogP contribution is -2.56. The first-order chi connectivity index (χ1) is 10.1. The number of hydrogen-bond donors (Lipinski definition) is 2. The number of hydrogen-bond acceptors (Lipinski definition) is 3. The zero-order valence-electron chi connectivity index (χ0n) is 13.8. The lowest BCUT2D eigenvalue weighted by atomic mass is 9.81. The molecule has 1 saturated carbocycles. The van der Waals surface area contributed by atoms with E-state index in [1.54, 1.807) is 0 Å². The fraction of sp³-hybridized carbons (Fsp3) is 0.941. The molecule has 0 aromatic carbocycles. The summed E-state index contributed by atoms with van der Waals surface area (Å²) in [7, 11) is 0. The number of aliphatic hydroxyl groups is 1. The van der Waals surface area contributed by atoms with Crippen LogP contribution < -0.4 is 5.73 Å². The molecule has 0 radical (unpaired) electrons. The van der Waals surface area contributed by atoms with Crippen LogP contribution in [0.5, 0.6) is 0 Å². The Labute approximate surface area is 130 Å². The second kappa shape index (κ2) is 10.2. The Morgan fingerprint density at radius 3 is 2.29 bits per heavy atom. The van der Waals surface area contributed by atoms with E-state index in [-0.39, 0.29) is 12.5 Å². The van der Waals surface area contributed by atoms with E-state index < -0.39 is 5.54 Å². The number of unbranched alkanes of at least 4 members (excludes halogenated alkanes) is 4. The Kier molecular flexibility index (Phi) is 8.93. The fourth-order valence-corrected chi connectivity index (χ4v) is 3.19. The molecular weight excluding hydrogens is 264 g/mol. The zero-order valence-corrected chi connectivity index (χ0v) is 13.8. The predicted octanol–water partition coefficient (Wildman–Crippen LogP) is 2.83. The van der Waals surface area contributed by atoms with Gasteiger partial charge in [-0.15, -0.1) is 0 Å². The van der Waals surface area contributed by atoms with Crippen LogP contribution >= 0.6 is 0 Å². The maximum Gasteiger partial charge on any atom is 0.242 e. The van der Waals surface area contributed by atoms with Gasteiger partial charge in [0, 0.05) is 19.7 Å². The van der Waals surface area contributed by atoms with Gasteiger partial charge in [0.1, 0.15) is 0 Å². The van der Waals surface area contributed by atoms with Gasteiger partial charge in [0.05, 0.1) is 5.54 Å². The van der Waals surface area contributed by atoms with Crippen LogP contribution in [0, 0.1) is 0 Å². The minimum Gasteiger partial charge on any atom is -0.396 e. The van der Waals surface area contributed by atoms with E-state index in [0.717, 1.165) is 38.6 Å². The Morgan fingerprint density at radius 1 is 1.05 bits per heavy atom. The molecule has 1 amide bonds. The molecule has 0 unspecified atom stereocenters. The van der Waals surface area contributed by atoms with Gasteiger partial charge in [0.25, 0.3) is 0 Å². The molecule has 4 nitrogen and oxygen atoms in total. The summed E-state index contributed by atoms with van der Waals surface area (Å²) >= 11 is 0. The van der Waals surface area contributed by atoms with Gasteiger partial charge in [-0.2, -0.15) is 0 Å². The molecule has 0 aliphatic heterocycles. The lowest BCUT2D eigenvalue weighted by Gasteiger charge is -2.37. The van der Waals surface area contributed by atoms with Crippen LogP contribution in [0.15, 0.2) is 0 Å². The van der Waals surface area contributed by atoms with Crippen molar-refractivity contribution in [2.24, 2.45) is 5.73 Å². The third-order valence-corrected chi connectivity index (χ3v) is 4.58. The molecule has 4 heteroatoms. The van der Waals surface area contributed by atoms with Gasteiger partial charge in [-0.1, -0.05) is 51.9 Å². The highest BCUT2D eigenvalue weighted by molar-refractivity contribution is 5.86. The van der Waals surface area contributed by atoms with Crippen LogP contribution in [-0.4, -0.2) is 41.1 Å². The van der Waals surface area contributed by atoms with E-state index in [2.05, 4.69) is 6.92 Å². The standard InChI is InChI=1S/C17H34N2O2/c1-2-3-4-5-9-13-19(14-10-15-20)16(21)17(18)11-7-6-8-12-17/h20H,2-15,18H2,1H3. The van der Waals surface area contributed by atoms with E-state index in [4.69, 9.17) is 10.8 Å². The molecule has 1 rings (SSSR count). The summed E-state index contributed by atoms with van der Waals surface area (Å²) < 4.78 is 0. The molecule has 0 bridgehead atoms. The highest BCUT2D eigenvalue weighted by Gasteiger charge is 2.37. The first-order valence-corrected chi connectivity index (χ1v) is 8.83. The van der Waals surface area contributed by atoms with Gasteiger partial charge >= 0.3 is 0 Å². The SMILES string of the molecule is CCCCCCCN(CCCO)C(=O)C1(N)CCCCC1. The minimum atomic E-state index is -0.642. The van der Waals surface area contributed by atoms with Crippen molar-refractivity contribution < 1.29 is 9.90 Å². The summed E-state index contributed by atoms with van der Waals surface area (Å²) in [5.74, 6) is 0.117. The molecule has 124 valence electrons. The summed E-state index contributed by atoms with van der Waals surface area (Å²) in [6, 6.07) is 0. The molecule has 0 spiro atoms. The monoisotopic (exact) mass is 298 g/mol. The maximum atomic E-state index is 12.8. The molecule has 3 N–H and O–H groups in total. The number of carbonyl (C=O) groups is 1. The normalized spacial score (nSPS) is 17.7. The van der Waals surface area contributed by atoms with Gasteiger partial charge in [-0.25, -0.2) is 0 Å². The van der Waals surface area contributed by atoms with Crippen LogP contribution in [0.25, 0.3) is 0 Å². The lowest BCUT2D eigenvalue weighted by molar-refractivity contribution is -0.138. The average molecular weight is 298 g/mol. The summed E-state index contributed by atoms with van der Waals surface area (Å²) in [5, 5.41) is 9.04. The van der Waals surface area contributed by atoms with Crippen molar-refractivity contribution in [3.05, 3.63) is 0 Å². The maximum absolute atomic E-state index is 12.8. The Hall–Kier alpha value is -0.610. The summed E-state index contributed by atoms with van der Waals surface area (Å²) in [5.41, 5.74) is 5.73. The van der Waals surface area contributed by atoms with E-state index in [1.165, 1.54) is 32.1 Å². The van der Waals surface area contributed by atoms with Crippen LogP contribution in [-0.2, 0) is 4.79 Å². The first-order valence-electron chi connectivity index (χ1n) is 8.83. The van der Waals surface area contributed by atoms with E-state index in [0.29, 0.717) is 13.0 Å². The summed E-state index contributed by atoms with van der Waals surface area (Å²) in [6.45, 7) is 3.78. The van der Waals surface area contributed by atoms with E-state index >= 15 is 0 Å². The van der Waals surface area contributed by atoms with Crippen molar-refractivity contribution in [3.8, 4) is 0 Å². The molecule has 0 heterocycles. The van der Waals surface area contributed by atoms with Gasteiger partial charge in [-0.3, -0.25) is 4.79 Å². The van der Waals surface area contributed by atoms with Gasteiger partial charge in [-0.05, 0) is 25.7 Å². The molecule has 0 atom stereocenters. The number of amides is 1. The topological polar surface area (TPSA) is 66.6 Å². The number of rotatable bonds is 10. The van der Waals surface area contributed by atoms with Crippen molar-refractivity contribution in [1.29, 1.82) is 0 Å². The smallest absolute Gasteiger partial charge is 0.242 e. The number of aliphatic hydroxyl groups excluding tert-OH is 1. The molecule has 1 fully saturated rings. The molecule has 21 heavy (non-hydrogen) atoms. The highest BCUT2D eigenvalue weighted by atomic mass is 16.3. The second-order valence-corrected chi connectivity index (χ2v) is 6.50. The van der Waals surface area contributed by atoms with Crippen LogP contribution in [0.4, 0.5) is 0 Å². The average Bonchev–Trinajstić information content (AvgIpc) is 2.50. The van der Waals surface area contributed by atoms with Crippen molar-refractivity contribution in [2.75, 3.05) is 19.7 Å². The van der Waals surface area contributed by atoms with Crippen LogP contribution in [0.2, 0.25) is 0 Å². The molecule has 1 aliphatic carbocycles. The zero-order chi connectivity index (χ0) is 15.6. The van der Waals surface area contributed by atoms with Crippen LogP contribution in [0.1, 0.15) is 77.6 Å². The summed E-state index contributed by atoms with van der Waals surface area (Å²) in [4.78, 5) is 14.7. The first kappa shape index (κ1) is 18.4. The Balaban J connectivity index is 2.48. The van der Waals surface area contributed by atoms with Crippen molar-refractivity contribution in [1.82, 2.24) is 4.90 Å². The molecule has 0 aromatic rings. The third kappa shape index (κ3) is 6.35. The predicted molar refractivity (Wildman–Crippen MR) is 87.0 cm³/mol. The molecule has 0 saturated heterocycles. The minimum absolute atomic E-state index is 0.117. The quantitative estimate of drug-likeness (QED) is 0.609. The van der Waals surface area contributed by atoms with Gasteiger partial charge in [0.15, 0.2) is 0 Å². The Morgan fingerprint density at radius 2 is 1.67 bits per heavy atom. The van der Waals surface area contributed by atoms with E-state index in [1.807, 2.05) is 4.90 Å². The third-order valence-electron chi connectivity index (χ3n) is 4.58. The van der Waals surface area contributed by atoms with Crippen molar-refractivity contribution in [3.63, 3.8) is 0 Å². The number of nitrogens with zero attached hydrogens (tertiary/aromatic N) is 1. The fourth-order valence-electron chi connectivity index (χ4n) is 3.19. The summed E-state index contributed by atoms with van der Waals surface area (Å²) in [6.07, 6.45) is 11.6. The number of carbonyl (C=O) groups excluding carboxylic acids is 1. The van der Waals surface area contributed by atoms with Gasteiger partial charge in [0.2, 0.25) is 5.91 Å². The van der Waals surface area contributed by atoms with Crippen LogP contribution in [0.3, 0.4) is 0 Å². The molecule has 1 aliphatic rings. The molecular formula is C17H34N2O2. The molecule has 0 aromatic heterocycles.